The SMILES string of the molecule is O=C(O[C@H](C(=O)O)[C@H](OCc1ccccc1)C(=O)O)c1ccccc1. The highest BCUT2D eigenvalue weighted by atomic mass is 16.6. The van der Waals surface area contributed by atoms with Crippen LogP contribution in [0.5, 0.6) is 0 Å². The van der Waals surface area contributed by atoms with Gasteiger partial charge in [-0.05, 0) is 17.7 Å². The average Bonchev–Trinajstić information content (AvgIpc) is 2.62. The van der Waals surface area contributed by atoms with E-state index < -0.39 is 30.1 Å². The fraction of sp³-hybridized carbons (Fsp3) is 0.167. The van der Waals surface area contributed by atoms with Crippen LogP contribution < -0.4 is 0 Å². The van der Waals surface area contributed by atoms with Crippen molar-refractivity contribution < 1.29 is 34.1 Å². The monoisotopic (exact) mass is 344 g/mol. The normalized spacial score (nSPS) is 12.8. The predicted molar refractivity (Wildman–Crippen MR) is 85.9 cm³/mol. The lowest BCUT2D eigenvalue weighted by Gasteiger charge is -2.21. The summed E-state index contributed by atoms with van der Waals surface area (Å²) in [5.41, 5.74) is 0.772. The Morgan fingerprint density at radius 2 is 1.32 bits per heavy atom. The van der Waals surface area contributed by atoms with Gasteiger partial charge in [-0.1, -0.05) is 48.5 Å². The molecule has 0 aliphatic rings. The van der Waals surface area contributed by atoms with E-state index in [0.29, 0.717) is 5.56 Å². The van der Waals surface area contributed by atoms with Crippen molar-refractivity contribution in [1.29, 1.82) is 0 Å². The van der Waals surface area contributed by atoms with Crippen LogP contribution in [0.2, 0.25) is 0 Å². The van der Waals surface area contributed by atoms with Crippen molar-refractivity contribution in [2.75, 3.05) is 0 Å². The summed E-state index contributed by atoms with van der Waals surface area (Å²) in [5.74, 6) is -4.09. The van der Waals surface area contributed by atoms with Crippen LogP contribution in [0.25, 0.3) is 0 Å². The summed E-state index contributed by atoms with van der Waals surface area (Å²) >= 11 is 0. The van der Waals surface area contributed by atoms with Gasteiger partial charge in [-0.15, -0.1) is 0 Å². The first kappa shape index (κ1) is 18.2. The van der Waals surface area contributed by atoms with Crippen molar-refractivity contribution in [1.82, 2.24) is 0 Å². The van der Waals surface area contributed by atoms with Crippen molar-refractivity contribution in [3.05, 3.63) is 71.8 Å². The molecule has 130 valence electrons. The molecule has 0 spiro atoms. The number of carbonyl (C=O) groups excluding carboxylic acids is 1. The molecule has 25 heavy (non-hydrogen) atoms. The van der Waals surface area contributed by atoms with Crippen molar-refractivity contribution in [2.45, 2.75) is 18.8 Å². The first-order valence-electron chi connectivity index (χ1n) is 7.36. The number of aliphatic carboxylic acids is 2. The molecule has 0 saturated carbocycles. The van der Waals surface area contributed by atoms with E-state index in [4.69, 9.17) is 9.47 Å². The van der Waals surface area contributed by atoms with E-state index in [0.717, 1.165) is 0 Å². The van der Waals surface area contributed by atoms with Gasteiger partial charge in [-0.2, -0.15) is 0 Å². The number of hydrogen-bond donors (Lipinski definition) is 2. The van der Waals surface area contributed by atoms with Crippen molar-refractivity contribution in [2.24, 2.45) is 0 Å². The van der Waals surface area contributed by atoms with Gasteiger partial charge in [0.1, 0.15) is 0 Å². The van der Waals surface area contributed by atoms with Crippen LogP contribution in [-0.4, -0.2) is 40.3 Å². The second-order valence-corrected chi connectivity index (χ2v) is 5.09. The molecular weight excluding hydrogens is 328 g/mol. The molecule has 2 atom stereocenters. The van der Waals surface area contributed by atoms with E-state index in [2.05, 4.69) is 0 Å². The molecule has 0 aliphatic heterocycles. The zero-order valence-electron chi connectivity index (χ0n) is 13.1. The molecule has 0 saturated heterocycles. The minimum atomic E-state index is -1.98. The second kappa shape index (κ2) is 8.60. The highest BCUT2D eigenvalue weighted by Gasteiger charge is 2.38. The van der Waals surface area contributed by atoms with Crippen LogP contribution in [0.15, 0.2) is 60.7 Å². The summed E-state index contributed by atoms with van der Waals surface area (Å²) in [4.78, 5) is 34.8. The number of carbonyl (C=O) groups is 3. The van der Waals surface area contributed by atoms with Crippen LogP contribution in [0, 0.1) is 0 Å². The lowest BCUT2D eigenvalue weighted by atomic mass is 10.1. The molecule has 0 amide bonds. The molecule has 2 N–H and O–H groups in total. The van der Waals surface area contributed by atoms with Gasteiger partial charge in [0.25, 0.3) is 0 Å². The zero-order valence-corrected chi connectivity index (χ0v) is 13.1. The van der Waals surface area contributed by atoms with Gasteiger partial charge in [0.15, 0.2) is 0 Å². The zero-order chi connectivity index (χ0) is 18.2. The molecule has 7 nitrogen and oxygen atoms in total. The van der Waals surface area contributed by atoms with Gasteiger partial charge in [0, 0.05) is 0 Å². The van der Waals surface area contributed by atoms with E-state index in [1.54, 1.807) is 48.5 Å². The molecular formula is C18H16O7. The quantitative estimate of drug-likeness (QED) is 0.704. The summed E-state index contributed by atoms with van der Waals surface area (Å²) in [6, 6.07) is 16.3. The lowest BCUT2D eigenvalue weighted by Crippen LogP contribution is -2.44. The van der Waals surface area contributed by atoms with Gasteiger partial charge < -0.3 is 19.7 Å². The highest BCUT2D eigenvalue weighted by molar-refractivity contribution is 5.92. The first-order valence-corrected chi connectivity index (χ1v) is 7.36. The fourth-order valence-electron chi connectivity index (χ4n) is 2.05. The third-order valence-electron chi connectivity index (χ3n) is 3.28. The minimum absolute atomic E-state index is 0.112. The average molecular weight is 344 g/mol. The van der Waals surface area contributed by atoms with E-state index in [-0.39, 0.29) is 12.2 Å². The number of carboxylic acids is 2. The van der Waals surface area contributed by atoms with Crippen LogP contribution >= 0.6 is 0 Å². The van der Waals surface area contributed by atoms with Gasteiger partial charge in [0.05, 0.1) is 12.2 Å². The van der Waals surface area contributed by atoms with Crippen molar-refractivity contribution in [3.8, 4) is 0 Å². The Hall–Kier alpha value is -3.19. The number of hydrogen-bond acceptors (Lipinski definition) is 5. The smallest absolute Gasteiger partial charge is 0.348 e. The van der Waals surface area contributed by atoms with Crippen LogP contribution in [-0.2, 0) is 25.7 Å². The van der Waals surface area contributed by atoms with Gasteiger partial charge in [-0.25, -0.2) is 14.4 Å². The molecule has 0 radical (unpaired) electrons. The lowest BCUT2D eigenvalue weighted by molar-refractivity contribution is -0.172. The second-order valence-electron chi connectivity index (χ2n) is 5.09. The molecule has 0 aromatic heterocycles. The number of ether oxygens (including phenoxy) is 2. The Balaban J connectivity index is 2.12. The number of esters is 1. The van der Waals surface area contributed by atoms with E-state index >= 15 is 0 Å². The third-order valence-corrected chi connectivity index (χ3v) is 3.28. The van der Waals surface area contributed by atoms with E-state index in [9.17, 15) is 24.6 Å². The van der Waals surface area contributed by atoms with Gasteiger partial charge in [0.2, 0.25) is 12.2 Å². The maximum Gasteiger partial charge on any atom is 0.348 e. The maximum absolute atomic E-state index is 12.0. The molecule has 0 heterocycles. The number of rotatable bonds is 8. The molecule has 2 aromatic rings. The Morgan fingerprint density at radius 1 is 0.800 bits per heavy atom. The van der Waals surface area contributed by atoms with Gasteiger partial charge >= 0.3 is 17.9 Å². The molecule has 0 aliphatic carbocycles. The Labute approximate surface area is 143 Å². The standard InChI is InChI=1S/C18H16O7/c19-16(20)14(24-11-12-7-3-1-4-8-12)15(17(21)22)25-18(23)13-9-5-2-6-10-13/h1-10,14-15H,11H2,(H,19,20)(H,21,22)/t14-,15-/m0/s1. The number of benzene rings is 2. The minimum Gasteiger partial charge on any atom is -0.479 e. The Kier molecular flexibility index (Phi) is 6.25. The van der Waals surface area contributed by atoms with Crippen molar-refractivity contribution in [3.63, 3.8) is 0 Å². The van der Waals surface area contributed by atoms with Crippen LogP contribution in [0.3, 0.4) is 0 Å². The summed E-state index contributed by atoms with van der Waals surface area (Å²) in [7, 11) is 0. The largest absolute Gasteiger partial charge is 0.479 e. The fourth-order valence-corrected chi connectivity index (χ4v) is 2.05. The topological polar surface area (TPSA) is 110 Å². The predicted octanol–water partition coefficient (Wildman–Crippen LogP) is 1.97. The molecule has 2 rings (SSSR count). The third kappa shape index (κ3) is 5.15. The highest BCUT2D eigenvalue weighted by Crippen LogP contribution is 2.13. The van der Waals surface area contributed by atoms with E-state index in [1.165, 1.54) is 12.1 Å². The molecule has 0 fully saturated rings. The summed E-state index contributed by atoms with van der Waals surface area (Å²) < 4.78 is 10.1. The summed E-state index contributed by atoms with van der Waals surface area (Å²) in [5, 5.41) is 18.5. The van der Waals surface area contributed by atoms with Crippen LogP contribution in [0.1, 0.15) is 15.9 Å². The molecule has 2 aromatic carbocycles. The maximum atomic E-state index is 12.0. The first-order chi connectivity index (χ1) is 12.0. The van der Waals surface area contributed by atoms with Gasteiger partial charge in [-0.3, -0.25) is 0 Å². The summed E-state index contributed by atoms with van der Waals surface area (Å²) in [6.45, 7) is -0.134. The Bertz CT molecular complexity index is 728. The molecule has 0 unspecified atom stereocenters. The summed E-state index contributed by atoms with van der Waals surface area (Å²) in [6.07, 6.45) is -3.82. The Morgan fingerprint density at radius 3 is 1.84 bits per heavy atom. The van der Waals surface area contributed by atoms with Crippen molar-refractivity contribution >= 4 is 17.9 Å². The van der Waals surface area contributed by atoms with Crippen LogP contribution in [0.4, 0.5) is 0 Å². The molecule has 7 heteroatoms. The number of carboxylic acid groups (broad SMARTS) is 2. The van der Waals surface area contributed by atoms with E-state index in [1.807, 2.05) is 0 Å². The molecule has 0 bridgehead atoms.